The number of rotatable bonds is 9. The van der Waals surface area contributed by atoms with Gasteiger partial charge in [0.05, 0.1) is 12.2 Å². The van der Waals surface area contributed by atoms with Crippen LogP contribution in [0.2, 0.25) is 5.02 Å². The van der Waals surface area contributed by atoms with E-state index in [0.29, 0.717) is 10.8 Å². The van der Waals surface area contributed by atoms with Gasteiger partial charge in [-0.3, -0.25) is 24.1 Å². The van der Waals surface area contributed by atoms with Gasteiger partial charge in [-0.25, -0.2) is 0 Å². The minimum absolute atomic E-state index is 0.113. The molecule has 0 aliphatic carbocycles. The zero-order valence-electron chi connectivity index (χ0n) is 13.7. The molecule has 1 aliphatic rings. The highest BCUT2D eigenvalue weighted by Crippen LogP contribution is 2.21. The molecule has 1 saturated heterocycles. The second kappa shape index (κ2) is 10.4. The summed E-state index contributed by atoms with van der Waals surface area (Å²) in [5, 5.41) is 2.84. The van der Waals surface area contributed by atoms with Crippen molar-refractivity contribution in [3.05, 3.63) is 29.3 Å². The van der Waals surface area contributed by atoms with Gasteiger partial charge >= 0.3 is 5.97 Å². The third-order valence-electron chi connectivity index (χ3n) is 3.25. The number of carbonyl (C=O) groups is 4. The number of amides is 3. The summed E-state index contributed by atoms with van der Waals surface area (Å²) >= 11 is 8.22. The number of halogens is 1. The van der Waals surface area contributed by atoms with E-state index >= 15 is 0 Å². The quantitative estimate of drug-likeness (QED) is 0.487. The number of hydrogen-bond donors (Lipinski definition) is 1. The predicted octanol–water partition coefficient (Wildman–Crippen LogP) is 2.18. The van der Waals surface area contributed by atoms with Gasteiger partial charge in [0, 0.05) is 28.8 Å². The second-order valence-electron chi connectivity index (χ2n) is 5.16. The zero-order chi connectivity index (χ0) is 18.9. The normalized spacial score (nSPS) is 13.8. The van der Waals surface area contributed by atoms with Crippen LogP contribution >= 0.6 is 35.1 Å². The highest BCUT2D eigenvalue weighted by Gasteiger charge is 2.29. The van der Waals surface area contributed by atoms with Crippen molar-refractivity contribution in [1.29, 1.82) is 0 Å². The van der Waals surface area contributed by atoms with Crippen LogP contribution < -0.4 is 5.32 Å². The standard InChI is InChI=1S/C16H17ClN2O5S2/c17-11-1-3-12(4-2-11)25-8-5-15(22)24-9-13(20)18-6-7-19-14(21)10-26-16(19)23/h1-4H,5-10H2,(H,18,20). The average Bonchev–Trinajstić information content (AvgIpc) is 2.93. The van der Waals surface area contributed by atoms with Crippen LogP contribution in [0.25, 0.3) is 0 Å². The molecule has 2 rings (SSSR count). The molecular formula is C16H17ClN2O5S2. The molecule has 1 fully saturated rings. The van der Waals surface area contributed by atoms with Crippen LogP contribution in [0.4, 0.5) is 4.79 Å². The van der Waals surface area contributed by atoms with Crippen LogP contribution in [0.15, 0.2) is 29.2 Å². The van der Waals surface area contributed by atoms with Crippen LogP contribution in [0.5, 0.6) is 0 Å². The monoisotopic (exact) mass is 416 g/mol. The van der Waals surface area contributed by atoms with Crippen molar-refractivity contribution in [2.45, 2.75) is 11.3 Å². The lowest BCUT2D eigenvalue weighted by atomic mass is 10.4. The Morgan fingerprint density at radius 3 is 2.65 bits per heavy atom. The highest BCUT2D eigenvalue weighted by atomic mass is 35.5. The molecule has 0 bridgehead atoms. The second-order valence-corrected chi connectivity index (χ2v) is 7.69. The van der Waals surface area contributed by atoms with E-state index in [9.17, 15) is 19.2 Å². The lowest BCUT2D eigenvalue weighted by Gasteiger charge is -2.13. The third kappa shape index (κ3) is 6.89. The van der Waals surface area contributed by atoms with Crippen molar-refractivity contribution < 1.29 is 23.9 Å². The van der Waals surface area contributed by atoms with E-state index in [2.05, 4.69) is 5.32 Å². The molecule has 26 heavy (non-hydrogen) atoms. The molecule has 1 N–H and O–H groups in total. The van der Waals surface area contributed by atoms with Gasteiger partial charge in [0.1, 0.15) is 0 Å². The largest absolute Gasteiger partial charge is 0.456 e. The molecule has 0 atom stereocenters. The number of nitrogens with zero attached hydrogens (tertiary/aromatic N) is 1. The van der Waals surface area contributed by atoms with E-state index in [1.807, 2.05) is 12.1 Å². The maximum absolute atomic E-state index is 11.6. The van der Waals surface area contributed by atoms with Crippen molar-refractivity contribution in [2.75, 3.05) is 31.2 Å². The summed E-state index contributed by atoms with van der Waals surface area (Å²) in [6.45, 7) is -0.149. The first-order valence-corrected chi connectivity index (χ1v) is 10.1. The lowest BCUT2D eigenvalue weighted by Crippen LogP contribution is -2.38. The number of ether oxygens (including phenoxy) is 1. The molecule has 0 radical (unpaired) electrons. The maximum atomic E-state index is 11.6. The molecule has 0 unspecified atom stereocenters. The number of esters is 1. The first kappa shape index (κ1) is 20.6. The summed E-state index contributed by atoms with van der Waals surface area (Å²) in [5.74, 6) is -0.547. The SMILES string of the molecule is O=C(COC(=O)CCSc1ccc(Cl)cc1)NCCN1C(=O)CSC1=O. The Morgan fingerprint density at radius 1 is 1.27 bits per heavy atom. The molecule has 0 saturated carbocycles. The Labute approximate surface area is 164 Å². The van der Waals surface area contributed by atoms with Crippen molar-refractivity contribution in [1.82, 2.24) is 10.2 Å². The van der Waals surface area contributed by atoms with Gasteiger partial charge in [0.2, 0.25) is 5.91 Å². The summed E-state index contributed by atoms with van der Waals surface area (Å²) < 4.78 is 4.89. The fourth-order valence-electron chi connectivity index (χ4n) is 1.96. The van der Waals surface area contributed by atoms with Gasteiger partial charge in [-0.15, -0.1) is 11.8 Å². The first-order chi connectivity index (χ1) is 12.5. The third-order valence-corrected chi connectivity index (χ3v) is 5.38. The number of thioether (sulfide) groups is 2. The number of nitrogens with one attached hydrogen (secondary N) is 1. The Kier molecular flexibility index (Phi) is 8.27. The number of imide groups is 1. The van der Waals surface area contributed by atoms with E-state index in [1.165, 1.54) is 11.8 Å². The Hall–Kier alpha value is -1.71. The van der Waals surface area contributed by atoms with Crippen molar-refractivity contribution >= 4 is 58.1 Å². The van der Waals surface area contributed by atoms with E-state index in [1.54, 1.807) is 12.1 Å². The Morgan fingerprint density at radius 2 is 2.00 bits per heavy atom. The van der Waals surface area contributed by atoms with Gasteiger partial charge in [0.15, 0.2) is 6.61 Å². The van der Waals surface area contributed by atoms with Gasteiger partial charge in [0.25, 0.3) is 11.1 Å². The summed E-state index contributed by atoms with van der Waals surface area (Å²) in [6, 6.07) is 7.27. The Bertz CT molecular complexity index is 668. The molecule has 0 aromatic heterocycles. The molecule has 1 heterocycles. The van der Waals surface area contributed by atoms with Crippen molar-refractivity contribution in [3.63, 3.8) is 0 Å². The topological polar surface area (TPSA) is 92.8 Å². The molecule has 10 heteroatoms. The minimum Gasteiger partial charge on any atom is -0.456 e. The van der Waals surface area contributed by atoms with Crippen molar-refractivity contribution in [3.8, 4) is 0 Å². The van der Waals surface area contributed by atoms with E-state index < -0.39 is 11.9 Å². The van der Waals surface area contributed by atoms with Crippen LogP contribution in [-0.4, -0.2) is 59.1 Å². The zero-order valence-corrected chi connectivity index (χ0v) is 16.1. The lowest BCUT2D eigenvalue weighted by molar-refractivity contribution is -0.148. The number of carbonyl (C=O) groups excluding carboxylic acids is 4. The van der Waals surface area contributed by atoms with E-state index in [4.69, 9.17) is 16.3 Å². The summed E-state index contributed by atoms with van der Waals surface area (Å²) in [5.41, 5.74) is 0. The van der Waals surface area contributed by atoms with E-state index in [-0.39, 0.29) is 43.0 Å². The summed E-state index contributed by atoms with van der Waals surface area (Å²) in [7, 11) is 0. The van der Waals surface area contributed by atoms with Crippen LogP contribution in [-0.2, 0) is 19.1 Å². The van der Waals surface area contributed by atoms with Crippen LogP contribution in [0.3, 0.4) is 0 Å². The predicted molar refractivity (Wildman–Crippen MR) is 100 cm³/mol. The fraction of sp³-hybridized carbons (Fsp3) is 0.375. The minimum atomic E-state index is -0.476. The molecular weight excluding hydrogens is 400 g/mol. The highest BCUT2D eigenvalue weighted by molar-refractivity contribution is 8.14. The number of hydrogen-bond acceptors (Lipinski definition) is 7. The maximum Gasteiger partial charge on any atom is 0.307 e. The summed E-state index contributed by atoms with van der Waals surface area (Å²) in [4.78, 5) is 48.1. The summed E-state index contributed by atoms with van der Waals surface area (Å²) in [6.07, 6.45) is 0.175. The van der Waals surface area contributed by atoms with Gasteiger partial charge < -0.3 is 10.1 Å². The molecule has 1 aromatic rings. The van der Waals surface area contributed by atoms with Crippen LogP contribution in [0.1, 0.15) is 6.42 Å². The molecule has 0 spiro atoms. The van der Waals surface area contributed by atoms with Gasteiger partial charge in [-0.1, -0.05) is 23.4 Å². The van der Waals surface area contributed by atoms with E-state index in [0.717, 1.165) is 21.6 Å². The molecule has 140 valence electrons. The average molecular weight is 417 g/mol. The molecule has 7 nitrogen and oxygen atoms in total. The Balaban J connectivity index is 1.55. The van der Waals surface area contributed by atoms with Gasteiger partial charge in [-0.05, 0) is 24.3 Å². The number of benzene rings is 1. The molecule has 3 amide bonds. The fourth-order valence-corrected chi connectivity index (χ4v) is 3.67. The van der Waals surface area contributed by atoms with Gasteiger partial charge in [-0.2, -0.15) is 0 Å². The smallest absolute Gasteiger partial charge is 0.307 e. The van der Waals surface area contributed by atoms with Crippen molar-refractivity contribution in [2.24, 2.45) is 0 Å². The molecule has 1 aromatic carbocycles. The molecule has 1 aliphatic heterocycles. The van der Waals surface area contributed by atoms with Crippen LogP contribution in [0, 0.1) is 0 Å². The first-order valence-electron chi connectivity index (χ1n) is 7.73.